The fraction of sp³-hybridized carbons (Fsp3) is 0.615. The Morgan fingerprint density at radius 3 is 2.94 bits per heavy atom. The summed E-state index contributed by atoms with van der Waals surface area (Å²) in [5.41, 5.74) is 1.40. The minimum absolute atomic E-state index is 0.205. The molecule has 0 radical (unpaired) electrons. The van der Waals surface area contributed by atoms with Gasteiger partial charge in [-0.15, -0.1) is 11.3 Å². The Morgan fingerprint density at radius 1 is 1.35 bits per heavy atom. The second kappa shape index (κ2) is 5.12. The summed E-state index contributed by atoms with van der Waals surface area (Å²) in [5, 5.41) is 0. The number of thiophene rings is 1. The van der Waals surface area contributed by atoms with Crippen molar-refractivity contribution in [2.75, 3.05) is 19.0 Å². The van der Waals surface area contributed by atoms with Gasteiger partial charge in [0.15, 0.2) is 5.78 Å². The summed E-state index contributed by atoms with van der Waals surface area (Å²) in [6.45, 7) is 1.49. The van der Waals surface area contributed by atoms with Crippen LogP contribution in [0.25, 0.3) is 0 Å². The van der Waals surface area contributed by atoms with Gasteiger partial charge in [-0.2, -0.15) is 11.8 Å². The van der Waals surface area contributed by atoms with Gasteiger partial charge in [-0.05, 0) is 36.6 Å². The predicted molar refractivity (Wildman–Crippen MR) is 72.1 cm³/mol. The van der Waals surface area contributed by atoms with Crippen molar-refractivity contribution in [1.29, 1.82) is 0 Å². The van der Waals surface area contributed by atoms with Crippen molar-refractivity contribution < 1.29 is 9.53 Å². The Labute approximate surface area is 110 Å². The lowest BCUT2D eigenvalue weighted by Crippen LogP contribution is -2.22. The van der Waals surface area contributed by atoms with Crippen LogP contribution in [0.15, 0.2) is 6.07 Å². The number of ketones is 1. The number of carbonyl (C=O) groups excluding carboxylic acids is 1. The third kappa shape index (κ3) is 2.44. The van der Waals surface area contributed by atoms with Gasteiger partial charge in [-0.3, -0.25) is 4.79 Å². The summed E-state index contributed by atoms with van der Waals surface area (Å²) in [5.74, 6) is 2.86. The number of hydrogen-bond donors (Lipinski definition) is 0. The van der Waals surface area contributed by atoms with E-state index in [1.165, 1.54) is 16.2 Å². The lowest BCUT2D eigenvalue weighted by Gasteiger charge is -2.19. The zero-order chi connectivity index (χ0) is 11.7. The maximum absolute atomic E-state index is 12.4. The molecule has 0 N–H and O–H groups in total. The van der Waals surface area contributed by atoms with Crippen LogP contribution in [0.2, 0.25) is 0 Å². The van der Waals surface area contributed by atoms with Crippen molar-refractivity contribution in [3.8, 4) is 0 Å². The number of rotatable bonds is 2. The van der Waals surface area contributed by atoms with E-state index in [0.29, 0.717) is 5.78 Å². The molecular weight excluding hydrogens is 252 g/mol. The van der Waals surface area contributed by atoms with Crippen molar-refractivity contribution >= 4 is 28.9 Å². The maximum Gasteiger partial charge on any atom is 0.176 e. The smallest absolute Gasteiger partial charge is 0.176 e. The summed E-state index contributed by atoms with van der Waals surface area (Å²) in [7, 11) is 0. The Kier molecular flexibility index (Phi) is 3.54. The van der Waals surface area contributed by atoms with Crippen LogP contribution in [0.3, 0.4) is 0 Å². The highest BCUT2D eigenvalue weighted by atomic mass is 32.2. The molecule has 0 spiro atoms. The van der Waals surface area contributed by atoms with Crippen LogP contribution < -0.4 is 0 Å². The first kappa shape index (κ1) is 11.8. The topological polar surface area (TPSA) is 26.3 Å². The number of thioether (sulfide) groups is 1. The second-order valence-corrected chi connectivity index (χ2v) is 6.85. The van der Waals surface area contributed by atoms with E-state index in [2.05, 4.69) is 6.07 Å². The largest absolute Gasteiger partial charge is 0.381 e. The van der Waals surface area contributed by atoms with Crippen molar-refractivity contribution in [2.24, 2.45) is 5.92 Å². The number of Topliss-reactive ketones (excluding diaryl/α,β-unsaturated/α-hetero) is 1. The number of fused-ring (bicyclic) bond motifs is 1. The SMILES string of the molecule is O=C(c1cc2c(s1)CCSC2)C1CCOCC1. The molecule has 0 amide bonds. The summed E-state index contributed by atoms with van der Waals surface area (Å²) in [4.78, 5) is 14.8. The molecule has 1 aromatic heterocycles. The molecule has 2 aliphatic rings. The number of aryl methyl sites for hydroxylation is 1. The van der Waals surface area contributed by atoms with Crippen LogP contribution in [0.1, 0.15) is 33.0 Å². The lowest BCUT2D eigenvalue weighted by molar-refractivity contribution is 0.0547. The van der Waals surface area contributed by atoms with Gasteiger partial charge in [0.2, 0.25) is 0 Å². The van der Waals surface area contributed by atoms with Gasteiger partial charge >= 0.3 is 0 Å². The average molecular weight is 268 g/mol. The van der Waals surface area contributed by atoms with Gasteiger partial charge < -0.3 is 4.74 Å². The van der Waals surface area contributed by atoms with Gasteiger partial charge in [-0.25, -0.2) is 0 Å². The summed E-state index contributed by atoms with van der Waals surface area (Å²) in [6, 6.07) is 2.14. The molecule has 0 unspecified atom stereocenters. The van der Waals surface area contributed by atoms with E-state index < -0.39 is 0 Å². The average Bonchev–Trinajstić information content (AvgIpc) is 2.82. The molecule has 2 nitrogen and oxygen atoms in total. The molecule has 0 saturated carbocycles. The highest BCUT2D eigenvalue weighted by molar-refractivity contribution is 7.98. The number of hydrogen-bond acceptors (Lipinski definition) is 4. The van der Waals surface area contributed by atoms with E-state index in [0.717, 1.165) is 43.1 Å². The summed E-state index contributed by atoms with van der Waals surface area (Å²) in [6.07, 6.45) is 2.94. The lowest BCUT2D eigenvalue weighted by atomic mass is 9.94. The molecule has 0 aliphatic carbocycles. The molecule has 1 fully saturated rings. The van der Waals surface area contributed by atoms with Gasteiger partial charge in [0.25, 0.3) is 0 Å². The Balaban J connectivity index is 1.78. The van der Waals surface area contributed by atoms with Crippen molar-refractivity contribution in [1.82, 2.24) is 0 Å². The molecule has 0 bridgehead atoms. The normalized spacial score (nSPS) is 21.2. The number of carbonyl (C=O) groups is 1. The summed E-state index contributed by atoms with van der Waals surface area (Å²) >= 11 is 3.71. The van der Waals surface area contributed by atoms with Crippen LogP contribution in [0.4, 0.5) is 0 Å². The summed E-state index contributed by atoms with van der Waals surface area (Å²) < 4.78 is 5.31. The first-order chi connectivity index (χ1) is 8.34. The van der Waals surface area contributed by atoms with E-state index in [1.807, 2.05) is 11.8 Å². The molecule has 1 aromatic rings. The maximum atomic E-state index is 12.4. The monoisotopic (exact) mass is 268 g/mol. The molecule has 0 aromatic carbocycles. The van der Waals surface area contributed by atoms with E-state index in [1.54, 1.807) is 11.3 Å². The highest BCUT2D eigenvalue weighted by Gasteiger charge is 2.25. The molecule has 2 aliphatic heterocycles. The number of ether oxygens (including phenoxy) is 1. The minimum atomic E-state index is 0.205. The molecule has 4 heteroatoms. The zero-order valence-electron chi connectivity index (χ0n) is 9.74. The quantitative estimate of drug-likeness (QED) is 0.771. The molecule has 3 heterocycles. The highest BCUT2D eigenvalue weighted by Crippen LogP contribution is 2.33. The van der Waals surface area contributed by atoms with Crippen LogP contribution in [-0.4, -0.2) is 24.7 Å². The van der Waals surface area contributed by atoms with Crippen LogP contribution >= 0.6 is 23.1 Å². The van der Waals surface area contributed by atoms with Crippen LogP contribution in [0, 0.1) is 5.92 Å². The third-order valence-electron chi connectivity index (χ3n) is 3.46. The Bertz CT molecular complexity index is 396. The molecule has 0 atom stereocenters. The molecule has 1 saturated heterocycles. The molecule has 92 valence electrons. The van der Waals surface area contributed by atoms with E-state index in [4.69, 9.17) is 4.74 Å². The van der Waals surface area contributed by atoms with E-state index >= 15 is 0 Å². The molecule has 3 rings (SSSR count). The van der Waals surface area contributed by atoms with E-state index in [9.17, 15) is 4.79 Å². The van der Waals surface area contributed by atoms with Crippen LogP contribution in [0.5, 0.6) is 0 Å². The fourth-order valence-corrected chi connectivity index (χ4v) is 4.82. The van der Waals surface area contributed by atoms with Gasteiger partial charge in [0.1, 0.15) is 0 Å². The first-order valence-corrected chi connectivity index (χ1v) is 8.13. The second-order valence-electron chi connectivity index (χ2n) is 4.61. The third-order valence-corrected chi connectivity index (χ3v) is 5.72. The van der Waals surface area contributed by atoms with Crippen molar-refractivity contribution in [3.05, 3.63) is 21.4 Å². The van der Waals surface area contributed by atoms with Gasteiger partial charge in [0.05, 0.1) is 4.88 Å². The fourth-order valence-electron chi connectivity index (χ4n) is 2.43. The standard InChI is InChI=1S/C13H16O2S2/c14-13(9-1-4-15-5-2-9)12-7-10-8-16-6-3-11(10)17-12/h7,9H,1-6,8H2. The predicted octanol–water partition coefficient (Wildman–Crippen LogP) is 3.15. The van der Waals surface area contributed by atoms with Gasteiger partial charge in [-0.1, -0.05) is 0 Å². The van der Waals surface area contributed by atoms with Crippen molar-refractivity contribution in [3.63, 3.8) is 0 Å². The Morgan fingerprint density at radius 2 is 2.18 bits per heavy atom. The van der Waals surface area contributed by atoms with Gasteiger partial charge in [0, 0.05) is 29.8 Å². The molecule has 17 heavy (non-hydrogen) atoms. The Hall–Kier alpha value is -0.320. The van der Waals surface area contributed by atoms with Crippen molar-refractivity contribution in [2.45, 2.75) is 25.0 Å². The van der Waals surface area contributed by atoms with E-state index in [-0.39, 0.29) is 5.92 Å². The molecular formula is C13H16O2S2. The minimum Gasteiger partial charge on any atom is -0.381 e. The zero-order valence-corrected chi connectivity index (χ0v) is 11.4. The first-order valence-electron chi connectivity index (χ1n) is 6.16. The van der Waals surface area contributed by atoms with Crippen LogP contribution in [-0.2, 0) is 16.9 Å².